The zero-order valence-electron chi connectivity index (χ0n) is 8.32. The summed E-state index contributed by atoms with van der Waals surface area (Å²) in [5.41, 5.74) is 0. The van der Waals surface area contributed by atoms with Crippen molar-refractivity contribution in [3.05, 3.63) is 12.3 Å². The number of hydrogen-bond acceptors (Lipinski definition) is 3. The van der Waals surface area contributed by atoms with Crippen molar-refractivity contribution in [2.75, 3.05) is 6.61 Å². The molecule has 0 aliphatic carbocycles. The Morgan fingerprint density at radius 3 is 2.85 bits per heavy atom. The number of rotatable bonds is 0. The summed E-state index contributed by atoms with van der Waals surface area (Å²) in [5, 5.41) is 0. The lowest BCUT2D eigenvalue weighted by atomic mass is 10.0. The highest BCUT2D eigenvalue weighted by atomic mass is 16.8. The van der Waals surface area contributed by atoms with E-state index < -0.39 is 5.79 Å². The first kappa shape index (κ1) is 9.03. The van der Waals surface area contributed by atoms with Gasteiger partial charge in [0, 0.05) is 5.92 Å². The van der Waals surface area contributed by atoms with E-state index in [4.69, 9.17) is 14.2 Å². The van der Waals surface area contributed by atoms with Gasteiger partial charge in [0.2, 0.25) is 0 Å². The molecule has 0 aromatic heterocycles. The fourth-order valence-corrected chi connectivity index (χ4v) is 1.84. The minimum absolute atomic E-state index is 0.0486. The summed E-state index contributed by atoms with van der Waals surface area (Å²) in [6.45, 7) is 6.72. The first-order chi connectivity index (χ1) is 6.08. The molecule has 3 atom stereocenters. The smallest absolute Gasteiger partial charge is 0.164 e. The lowest BCUT2D eigenvalue weighted by Crippen LogP contribution is -2.29. The van der Waals surface area contributed by atoms with E-state index in [-0.39, 0.29) is 12.2 Å². The summed E-state index contributed by atoms with van der Waals surface area (Å²) in [4.78, 5) is 0. The Bertz CT molecular complexity index is 222. The predicted octanol–water partition coefficient (Wildman–Crippen LogP) is 1.69. The maximum atomic E-state index is 5.79. The molecular formula is C10H16O3. The minimum Gasteiger partial charge on any atom is -0.501 e. The van der Waals surface area contributed by atoms with Gasteiger partial charge in [-0.2, -0.15) is 0 Å². The van der Waals surface area contributed by atoms with Gasteiger partial charge >= 0.3 is 0 Å². The molecule has 2 aliphatic rings. The maximum Gasteiger partial charge on any atom is 0.164 e. The third-order valence-electron chi connectivity index (χ3n) is 2.45. The van der Waals surface area contributed by atoms with Gasteiger partial charge in [0.1, 0.15) is 6.10 Å². The average molecular weight is 184 g/mol. The van der Waals surface area contributed by atoms with Gasteiger partial charge in [0.05, 0.1) is 19.0 Å². The van der Waals surface area contributed by atoms with E-state index in [2.05, 4.69) is 6.92 Å². The van der Waals surface area contributed by atoms with E-state index in [0.29, 0.717) is 12.5 Å². The highest BCUT2D eigenvalue weighted by Gasteiger charge is 2.43. The van der Waals surface area contributed by atoms with Gasteiger partial charge in [0.25, 0.3) is 0 Å². The van der Waals surface area contributed by atoms with Crippen molar-refractivity contribution in [1.82, 2.24) is 0 Å². The summed E-state index contributed by atoms with van der Waals surface area (Å²) < 4.78 is 16.8. The molecule has 3 nitrogen and oxygen atoms in total. The zero-order valence-corrected chi connectivity index (χ0v) is 8.32. The van der Waals surface area contributed by atoms with Crippen molar-refractivity contribution in [1.29, 1.82) is 0 Å². The molecule has 2 heterocycles. The van der Waals surface area contributed by atoms with Crippen molar-refractivity contribution < 1.29 is 14.2 Å². The Labute approximate surface area is 78.7 Å². The topological polar surface area (TPSA) is 27.7 Å². The van der Waals surface area contributed by atoms with Crippen LogP contribution in [0.3, 0.4) is 0 Å². The molecule has 13 heavy (non-hydrogen) atoms. The van der Waals surface area contributed by atoms with Gasteiger partial charge in [-0.15, -0.1) is 0 Å². The Morgan fingerprint density at radius 1 is 1.31 bits per heavy atom. The van der Waals surface area contributed by atoms with Crippen LogP contribution in [-0.4, -0.2) is 24.6 Å². The SMILES string of the molecule is C[C@@H]1COC=CC2OC(C)(C)O[C@@H]21. The predicted molar refractivity (Wildman–Crippen MR) is 48.1 cm³/mol. The van der Waals surface area contributed by atoms with Crippen LogP contribution in [0.5, 0.6) is 0 Å². The van der Waals surface area contributed by atoms with Gasteiger partial charge in [-0.3, -0.25) is 0 Å². The lowest BCUT2D eigenvalue weighted by molar-refractivity contribution is -0.149. The fourth-order valence-electron chi connectivity index (χ4n) is 1.84. The lowest BCUT2D eigenvalue weighted by Gasteiger charge is -2.20. The minimum atomic E-state index is -0.453. The molecule has 0 N–H and O–H groups in total. The van der Waals surface area contributed by atoms with Gasteiger partial charge in [0.15, 0.2) is 5.79 Å². The van der Waals surface area contributed by atoms with Crippen LogP contribution in [0.1, 0.15) is 20.8 Å². The summed E-state index contributed by atoms with van der Waals surface area (Å²) in [6.07, 6.45) is 3.83. The van der Waals surface area contributed by atoms with Crippen LogP contribution >= 0.6 is 0 Å². The molecular weight excluding hydrogens is 168 g/mol. The van der Waals surface area contributed by atoms with E-state index in [1.807, 2.05) is 19.9 Å². The van der Waals surface area contributed by atoms with E-state index in [1.165, 1.54) is 0 Å². The van der Waals surface area contributed by atoms with Crippen molar-refractivity contribution in [3.8, 4) is 0 Å². The van der Waals surface area contributed by atoms with Crippen LogP contribution < -0.4 is 0 Å². The highest BCUT2D eigenvalue weighted by molar-refractivity contribution is 4.99. The molecule has 3 heteroatoms. The molecule has 0 bridgehead atoms. The Morgan fingerprint density at radius 2 is 2.08 bits per heavy atom. The number of fused-ring (bicyclic) bond motifs is 1. The first-order valence-electron chi connectivity index (χ1n) is 4.72. The zero-order chi connectivity index (χ0) is 9.47. The van der Waals surface area contributed by atoms with Crippen LogP contribution in [0, 0.1) is 5.92 Å². The summed E-state index contributed by atoms with van der Waals surface area (Å²) in [5.74, 6) is -0.0765. The van der Waals surface area contributed by atoms with Crippen molar-refractivity contribution in [3.63, 3.8) is 0 Å². The average Bonchev–Trinajstić information content (AvgIpc) is 2.26. The molecule has 0 aromatic carbocycles. The number of hydrogen-bond donors (Lipinski definition) is 0. The summed E-state index contributed by atoms with van der Waals surface area (Å²) in [6, 6.07) is 0. The third-order valence-corrected chi connectivity index (χ3v) is 2.45. The largest absolute Gasteiger partial charge is 0.501 e. The molecule has 0 amide bonds. The van der Waals surface area contributed by atoms with Crippen molar-refractivity contribution in [2.24, 2.45) is 5.92 Å². The van der Waals surface area contributed by atoms with Crippen LogP contribution in [0.2, 0.25) is 0 Å². The summed E-state index contributed by atoms with van der Waals surface area (Å²) >= 11 is 0. The fraction of sp³-hybridized carbons (Fsp3) is 0.800. The van der Waals surface area contributed by atoms with Gasteiger partial charge in [-0.05, 0) is 19.9 Å². The van der Waals surface area contributed by atoms with E-state index in [1.54, 1.807) is 6.26 Å². The van der Waals surface area contributed by atoms with Crippen molar-refractivity contribution >= 4 is 0 Å². The molecule has 0 spiro atoms. The Hall–Kier alpha value is -0.540. The standard InChI is InChI=1S/C10H16O3/c1-7-6-11-5-4-8-9(7)13-10(2,3)12-8/h4-5,7-9H,6H2,1-3H3/t7-,8?,9-/m1/s1. The first-order valence-corrected chi connectivity index (χ1v) is 4.72. The Kier molecular flexibility index (Phi) is 2.08. The second kappa shape index (κ2) is 3.00. The van der Waals surface area contributed by atoms with Crippen LogP contribution in [0.4, 0.5) is 0 Å². The second-order valence-electron chi connectivity index (χ2n) is 4.20. The van der Waals surface area contributed by atoms with Crippen LogP contribution in [0.15, 0.2) is 12.3 Å². The van der Waals surface area contributed by atoms with Crippen LogP contribution in [-0.2, 0) is 14.2 Å². The van der Waals surface area contributed by atoms with Gasteiger partial charge in [-0.1, -0.05) is 6.92 Å². The molecule has 0 aromatic rings. The van der Waals surface area contributed by atoms with E-state index in [0.717, 1.165) is 0 Å². The molecule has 0 radical (unpaired) electrons. The van der Waals surface area contributed by atoms with E-state index in [9.17, 15) is 0 Å². The molecule has 0 saturated carbocycles. The van der Waals surface area contributed by atoms with Crippen molar-refractivity contribution in [2.45, 2.75) is 38.8 Å². The van der Waals surface area contributed by atoms with Crippen LogP contribution in [0.25, 0.3) is 0 Å². The molecule has 2 rings (SSSR count). The molecule has 1 fully saturated rings. The second-order valence-corrected chi connectivity index (χ2v) is 4.20. The maximum absolute atomic E-state index is 5.79. The summed E-state index contributed by atoms with van der Waals surface area (Å²) in [7, 11) is 0. The molecule has 74 valence electrons. The molecule has 1 unspecified atom stereocenters. The molecule has 2 aliphatic heterocycles. The Balaban J connectivity index is 2.16. The molecule has 1 saturated heterocycles. The highest BCUT2D eigenvalue weighted by Crippen LogP contribution is 2.34. The number of ether oxygens (including phenoxy) is 3. The van der Waals surface area contributed by atoms with E-state index >= 15 is 0 Å². The third kappa shape index (κ3) is 1.71. The van der Waals surface area contributed by atoms with Gasteiger partial charge in [-0.25, -0.2) is 0 Å². The monoisotopic (exact) mass is 184 g/mol. The normalized spacial score (nSPS) is 42.2. The quantitative estimate of drug-likeness (QED) is 0.573. The van der Waals surface area contributed by atoms with Gasteiger partial charge < -0.3 is 14.2 Å².